The van der Waals surface area contributed by atoms with Gasteiger partial charge < -0.3 is 9.84 Å². The predicted octanol–water partition coefficient (Wildman–Crippen LogP) is 1.25. The molecule has 2 aromatic heterocycles. The van der Waals surface area contributed by atoms with Crippen molar-refractivity contribution in [2.75, 3.05) is 19.5 Å². The van der Waals surface area contributed by atoms with Crippen molar-refractivity contribution in [1.82, 2.24) is 30.6 Å². The number of hydrazine groups is 1. The highest BCUT2D eigenvalue weighted by atomic mass is 32.2. The van der Waals surface area contributed by atoms with Crippen LogP contribution in [0.5, 0.6) is 5.75 Å². The van der Waals surface area contributed by atoms with Crippen LogP contribution in [0.4, 0.5) is 0 Å². The molecule has 3 N–H and O–H groups in total. The molecule has 0 aliphatic rings. The van der Waals surface area contributed by atoms with E-state index in [1.54, 1.807) is 19.5 Å². The highest BCUT2D eigenvalue weighted by Crippen LogP contribution is 2.23. The predicted molar refractivity (Wildman–Crippen MR) is 110 cm³/mol. The van der Waals surface area contributed by atoms with E-state index in [0.29, 0.717) is 24.1 Å². The average Bonchev–Trinajstić information content (AvgIpc) is 3.17. The molecule has 0 atom stereocenters. The number of nitrogens with zero attached hydrogens (tertiary/aromatic N) is 4. The number of rotatable bonds is 8. The maximum atomic E-state index is 12.1. The molecule has 2 heterocycles. The second-order valence-electron chi connectivity index (χ2n) is 6.03. The van der Waals surface area contributed by atoms with Crippen molar-refractivity contribution in [3.05, 3.63) is 54.4 Å². The van der Waals surface area contributed by atoms with Crippen LogP contribution in [0.2, 0.25) is 0 Å². The van der Waals surface area contributed by atoms with E-state index >= 15 is 0 Å². The van der Waals surface area contributed by atoms with Crippen LogP contribution in [0.1, 0.15) is 10.4 Å². The Labute approximate surface area is 176 Å². The van der Waals surface area contributed by atoms with Gasteiger partial charge in [0.25, 0.3) is 5.91 Å². The van der Waals surface area contributed by atoms with E-state index in [1.807, 2.05) is 16.7 Å². The molecular formula is C19H20N6O4S. The molecule has 0 bridgehead atoms. The van der Waals surface area contributed by atoms with Crippen molar-refractivity contribution in [3.8, 4) is 17.1 Å². The van der Waals surface area contributed by atoms with E-state index in [9.17, 15) is 14.7 Å². The van der Waals surface area contributed by atoms with Crippen molar-refractivity contribution in [2.45, 2.75) is 11.7 Å². The molecule has 0 fully saturated rings. The highest BCUT2D eigenvalue weighted by molar-refractivity contribution is 7.99. The fourth-order valence-corrected chi connectivity index (χ4v) is 3.27. The van der Waals surface area contributed by atoms with Crippen LogP contribution < -0.4 is 10.9 Å². The van der Waals surface area contributed by atoms with Crippen LogP contribution in [0.25, 0.3) is 11.4 Å². The lowest BCUT2D eigenvalue weighted by molar-refractivity contribution is -0.119. The summed E-state index contributed by atoms with van der Waals surface area (Å²) in [6.45, 7) is 0.967. The quantitative estimate of drug-likeness (QED) is 0.361. The molecule has 156 valence electrons. The Morgan fingerprint density at radius 3 is 2.70 bits per heavy atom. The second-order valence-corrected chi connectivity index (χ2v) is 6.97. The number of thioether (sulfide) groups is 1. The molecule has 0 radical (unpaired) electrons. The minimum Gasteiger partial charge on any atom is -0.508 e. The number of hydrogen-bond donors (Lipinski definition) is 3. The van der Waals surface area contributed by atoms with Crippen molar-refractivity contribution >= 4 is 23.6 Å². The molecule has 10 nitrogen and oxygen atoms in total. The maximum absolute atomic E-state index is 12.1. The zero-order valence-corrected chi connectivity index (χ0v) is 16.9. The Morgan fingerprint density at radius 1 is 1.17 bits per heavy atom. The number of aromatic hydroxyl groups is 1. The van der Waals surface area contributed by atoms with Gasteiger partial charge >= 0.3 is 0 Å². The number of aromatic nitrogens is 4. The van der Waals surface area contributed by atoms with Crippen LogP contribution in [-0.4, -0.2) is 56.1 Å². The Kier molecular flexibility index (Phi) is 7.35. The molecule has 30 heavy (non-hydrogen) atoms. The van der Waals surface area contributed by atoms with Crippen LogP contribution in [0, 0.1) is 0 Å². The molecule has 0 spiro atoms. The summed E-state index contributed by atoms with van der Waals surface area (Å²) in [5, 5.41) is 18.4. The summed E-state index contributed by atoms with van der Waals surface area (Å²) in [6.07, 6.45) is 3.33. The van der Waals surface area contributed by atoms with E-state index in [0.717, 1.165) is 5.56 Å². The van der Waals surface area contributed by atoms with Crippen LogP contribution in [0.15, 0.2) is 53.9 Å². The number of carbonyl (C=O) groups is 2. The third kappa shape index (κ3) is 5.55. The number of amides is 2. The molecular weight excluding hydrogens is 408 g/mol. The molecule has 0 saturated carbocycles. The Hall–Kier alpha value is -3.44. The summed E-state index contributed by atoms with van der Waals surface area (Å²) in [7, 11) is 1.60. The van der Waals surface area contributed by atoms with Gasteiger partial charge in [-0.25, -0.2) is 0 Å². The zero-order chi connectivity index (χ0) is 21.3. The number of methoxy groups -OCH3 is 1. The van der Waals surface area contributed by atoms with Gasteiger partial charge in [0.2, 0.25) is 5.91 Å². The lowest BCUT2D eigenvalue weighted by atomic mass is 10.2. The van der Waals surface area contributed by atoms with Gasteiger partial charge in [0.1, 0.15) is 5.75 Å². The number of benzene rings is 1. The molecule has 0 aliphatic heterocycles. The topological polar surface area (TPSA) is 131 Å². The monoisotopic (exact) mass is 428 g/mol. The molecule has 0 saturated heterocycles. The Bertz CT molecular complexity index is 1010. The third-order valence-corrected chi connectivity index (χ3v) is 4.90. The van der Waals surface area contributed by atoms with Gasteiger partial charge in [-0.2, -0.15) is 0 Å². The van der Waals surface area contributed by atoms with Gasteiger partial charge in [0.15, 0.2) is 11.0 Å². The molecule has 3 aromatic rings. The van der Waals surface area contributed by atoms with Crippen molar-refractivity contribution in [2.24, 2.45) is 0 Å². The normalized spacial score (nSPS) is 10.6. The van der Waals surface area contributed by atoms with Gasteiger partial charge in [-0.15, -0.1) is 10.2 Å². The first-order chi connectivity index (χ1) is 14.6. The van der Waals surface area contributed by atoms with E-state index < -0.39 is 11.8 Å². The van der Waals surface area contributed by atoms with E-state index in [2.05, 4.69) is 26.0 Å². The summed E-state index contributed by atoms with van der Waals surface area (Å²) in [4.78, 5) is 28.2. The molecule has 3 rings (SSSR count). The summed E-state index contributed by atoms with van der Waals surface area (Å²) < 4.78 is 7.02. The first kappa shape index (κ1) is 21.3. The third-order valence-electron chi connectivity index (χ3n) is 3.93. The first-order valence-corrected chi connectivity index (χ1v) is 9.90. The molecule has 1 aromatic carbocycles. The van der Waals surface area contributed by atoms with Crippen molar-refractivity contribution in [3.63, 3.8) is 0 Å². The van der Waals surface area contributed by atoms with Crippen molar-refractivity contribution < 1.29 is 19.4 Å². The summed E-state index contributed by atoms with van der Waals surface area (Å²) in [5.41, 5.74) is 5.73. The van der Waals surface area contributed by atoms with Gasteiger partial charge in [0, 0.05) is 30.6 Å². The molecule has 0 unspecified atom stereocenters. The van der Waals surface area contributed by atoms with Gasteiger partial charge in [-0.1, -0.05) is 17.8 Å². The summed E-state index contributed by atoms with van der Waals surface area (Å²) >= 11 is 1.19. The van der Waals surface area contributed by atoms with Gasteiger partial charge in [-0.05, 0) is 30.3 Å². The number of hydrogen-bond acceptors (Lipinski definition) is 8. The standard InChI is InChI=1S/C19H20N6O4S/c1-29-10-9-25-17(13-5-7-20-8-6-13)22-24-19(25)30-12-16(27)21-23-18(28)14-3-2-4-15(26)11-14/h2-8,11,26H,9-10,12H2,1H3,(H,21,27)(H,23,28). The fourth-order valence-electron chi connectivity index (χ4n) is 2.51. The number of phenolic OH excluding ortho intramolecular Hbond substituents is 1. The number of ether oxygens (including phenoxy) is 1. The number of pyridine rings is 1. The minimum atomic E-state index is -0.535. The lowest BCUT2D eigenvalue weighted by Crippen LogP contribution is -2.42. The van der Waals surface area contributed by atoms with Crippen LogP contribution in [0.3, 0.4) is 0 Å². The molecule has 11 heteroatoms. The minimum absolute atomic E-state index is 0.0157. The largest absolute Gasteiger partial charge is 0.508 e. The number of phenols is 1. The summed E-state index contributed by atoms with van der Waals surface area (Å²) in [5.74, 6) is -0.325. The SMILES string of the molecule is COCCn1c(SCC(=O)NNC(=O)c2cccc(O)c2)nnc1-c1ccncc1. The Balaban J connectivity index is 1.60. The van der Waals surface area contributed by atoms with Gasteiger partial charge in [-0.3, -0.25) is 30.0 Å². The summed E-state index contributed by atoms with van der Waals surface area (Å²) in [6, 6.07) is 9.46. The van der Waals surface area contributed by atoms with Crippen molar-refractivity contribution in [1.29, 1.82) is 0 Å². The zero-order valence-electron chi connectivity index (χ0n) is 16.1. The highest BCUT2D eigenvalue weighted by Gasteiger charge is 2.16. The second kappa shape index (κ2) is 10.4. The first-order valence-electron chi connectivity index (χ1n) is 8.92. The number of carbonyl (C=O) groups excluding carboxylic acids is 2. The van der Waals surface area contributed by atoms with E-state index in [1.165, 1.54) is 36.0 Å². The van der Waals surface area contributed by atoms with Crippen LogP contribution in [-0.2, 0) is 16.1 Å². The molecule has 0 aliphatic carbocycles. The lowest BCUT2D eigenvalue weighted by Gasteiger charge is -2.10. The fraction of sp³-hybridized carbons (Fsp3) is 0.211. The maximum Gasteiger partial charge on any atom is 0.269 e. The smallest absolute Gasteiger partial charge is 0.269 e. The average molecular weight is 428 g/mol. The van der Waals surface area contributed by atoms with Gasteiger partial charge in [0.05, 0.1) is 18.9 Å². The van der Waals surface area contributed by atoms with E-state index in [-0.39, 0.29) is 17.1 Å². The van der Waals surface area contributed by atoms with E-state index in [4.69, 9.17) is 4.74 Å². The van der Waals surface area contributed by atoms with Crippen LogP contribution >= 0.6 is 11.8 Å². The Morgan fingerprint density at radius 2 is 1.97 bits per heavy atom. The number of nitrogens with one attached hydrogen (secondary N) is 2. The molecule has 2 amide bonds.